The average molecular weight is 239 g/mol. The first-order chi connectivity index (χ1) is 7.58. The Hall–Kier alpha value is -1.88. The van der Waals surface area contributed by atoms with E-state index < -0.39 is 5.97 Å². The minimum atomic E-state index is -1.06. The Morgan fingerprint density at radius 2 is 2.31 bits per heavy atom. The SMILES string of the molecule is O=C(O)Cc1cnc2cc(Cl)ccn2c1=O. The largest absolute Gasteiger partial charge is 0.481 e. The Bertz CT molecular complexity index is 621. The first kappa shape index (κ1) is 10.6. The molecule has 0 unspecified atom stereocenters. The van der Waals surface area contributed by atoms with Gasteiger partial charge in [0.05, 0.1) is 6.42 Å². The highest BCUT2D eigenvalue weighted by atomic mass is 35.5. The first-order valence-electron chi connectivity index (χ1n) is 4.45. The molecule has 0 aliphatic heterocycles. The van der Waals surface area contributed by atoms with Crippen LogP contribution < -0.4 is 5.56 Å². The van der Waals surface area contributed by atoms with Crippen molar-refractivity contribution in [3.63, 3.8) is 0 Å². The summed E-state index contributed by atoms with van der Waals surface area (Å²) in [4.78, 5) is 26.3. The number of nitrogens with zero attached hydrogens (tertiary/aromatic N) is 2. The minimum Gasteiger partial charge on any atom is -0.481 e. The molecule has 0 radical (unpaired) electrons. The molecule has 2 rings (SSSR count). The van der Waals surface area contributed by atoms with E-state index in [1.54, 1.807) is 6.07 Å². The molecule has 0 amide bonds. The number of pyridine rings is 1. The predicted octanol–water partition coefficient (Wildman–Crippen LogP) is 0.975. The highest BCUT2D eigenvalue weighted by Crippen LogP contribution is 2.09. The molecule has 6 heteroatoms. The molecule has 0 aromatic carbocycles. The highest BCUT2D eigenvalue weighted by Gasteiger charge is 2.08. The number of carbonyl (C=O) groups is 1. The van der Waals surface area contributed by atoms with Crippen molar-refractivity contribution >= 4 is 23.2 Å². The maximum Gasteiger partial charge on any atom is 0.308 e. The van der Waals surface area contributed by atoms with Crippen LogP contribution in [0.25, 0.3) is 5.65 Å². The Kier molecular flexibility index (Phi) is 2.62. The van der Waals surface area contributed by atoms with E-state index in [0.29, 0.717) is 10.7 Å². The number of aromatic nitrogens is 2. The third-order valence-corrected chi connectivity index (χ3v) is 2.32. The second-order valence-corrected chi connectivity index (χ2v) is 3.67. The molecule has 0 atom stereocenters. The zero-order valence-corrected chi connectivity index (χ0v) is 8.81. The molecule has 2 heterocycles. The lowest BCUT2D eigenvalue weighted by Gasteiger charge is -2.02. The van der Waals surface area contributed by atoms with Crippen molar-refractivity contribution in [3.8, 4) is 0 Å². The number of hydrogen-bond donors (Lipinski definition) is 1. The summed E-state index contributed by atoms with van der Waals surface area (Å²) in [6, 6.07) is 3.08. The smallest absolute Gasteiger partial charge is 0.308 e. The van der Waals surface area contributed by atoms with Gasteiger partial charge in [0.15, 0.2) is 0 Å². The zero-order chi connectivity index (χ0) is 11.7. The number of aliphatic carboxylic acids is 1. The zero-order valence-electron chi connectivity index (χ0n) is 8.05. The van der Waals surface area contributed by atoms with Crippen LogP contribution in [-0.4, -0.2) is 20.5 Å². The van der Waals surface area contributed by atoms with Crippen LogP contribution in [0.5, 0.6) is 0 Å². The lowest BCUT2D eigenvalue weighted by atomic mass is 10.2. The fourth-order valence-electron chi connectivity index (χ4n) is 1.37. The Balaban J connectivity index is 2.66. The molecule has 0 saturated heterocycles. The standard InChI is InChI=1S/C10H7ClN2O3/c11-7-1-2-13-8(4-7)12-5-6(10(13)16)3-9(14)15/h1-2,4-5H,3H2,(H,14,15). The second-order valence-electron chi connectivity index (χ2n) is 3.23. The maximum absolute atomic E-state index is 11.8. The van der Waals surface area contributed by atoms with Crippen LogP contribution in [0.3, 0.4) is 0 Å². The summed E-state index contributed by atoms with van der Waals surface area (Å²) in [7, 11) is 0. The average Bonchev–Trinajstić information content (AvgIpc) is 2.22. The molecule has 1 N–H and O–H groups in total. The summed E-state index contributed by atoms with van der Waals surface area (Å²) < 4.78 is 1.27. The van der Waals surface area contributed by atoms with E-state index in [-0.39, 0.29) is 17.5 Å². The molecule has 0 fully saturated rings. The van der Waals surface area contributed by atoms with Crippen molar-refractivity contribution in [1.29, 1.82) is 0 Å². The van der Waals surface area contributed by atoms with Gasteiger partial charge in [0.25, 0.3) is 5.56 Å². The van der Waals surface area contributed by atoms with Crippen molar-refractivity contribution < 1.29 is 9.90 Å². The molecule has 5 nitrogen and oxygen atoms in total. The highest BCUT2D eigenvalue weighted by molar-refractivity contribution is 6.30. The van der Waals surface area contributed by atoms with Crippen molar-refractivity contribution in [2.24, 2.45) is 0 Å². The molecule has 0 aliphatic carbocycles. The van der Waals surface area contributed by atoms with E-state index in [2.05, 4.69) is 4.98 Å². The third kappa shape index (κ3) is 1.90. The van der Waals surface area contributed by atoms with Gasteiger partial charge in [0.2, 0.25) is 0 Å². The van der Waals surface area contributed by atoms with Gasteiger partial charge in [-0.2, -0.15) is 0 Å². The van der Waals surface area contributed by atoms with Crippen LogP contribution in [-0.2, 0) is 11.2 Å². The fraction of sp³-hybridized carbons (Fsp3) is 0.100. The van der Waals surface area contributed by atoms with Crippen LogP contribution in [0.15, 0.2) is 29.3 Å². The molecule has 16 heavy (non-hydrogen) atoms. The summed E-state index contributed by atoms with van der Waals surface area (Å²) in [5.41, 5.74) is 0.156. The molecule has 2 aromatic rings. The van der Waals surface area contributed by atoms with Gasteiger partial charge in [-0.05, 0) is 6.07 Å². The summed E-state index contributed by atoms with van der Waals surface area (Å²) in [6.07, 6.45) is 2.40. The van der Waals surface area contributed by atoms with Gasteiger partial charge >= 0.3 is 5.97 Å². The van der Waals surface area contributed by atoms with Crippen LogP contribution >= 0.6 is 11.6 Å². The fourth-order valence-corrected chi connectivity index (χ4v) is 1.53. The normalized spacial score (nSPS) is 10.6. The minimum absolute atomic E-state index is 0.146. The van der Waals surface area contributed by atoms with Gasteiger partial charge in [-0.3, -0.25) is 14.0 Å². The Labute approximate surface area is 94.9 Å². The first-order valence-corrected chi connectivity index (χ1v) is 4.83. The van der Waals surface area contributed by atoms with Crippen LogP contribution in [0.4, 0.5) is 0 Å². The lowest BCUT2D eigenvalue weighted by molar-refractivity contribution is -0.136. The number of rotatable bonds is 2. The van der Waals surface area contributed by atoms with E-state index in [9.17, 15) is 9.59 Å². The van der Waals surface area contributed by atoms with Crippen molar-refractivity contribution in [3.05, 3.63) is 45.5 Å². The molecule has 0 saturated carbocycles. The molecule has 0 bridgehead atoms. The van der Waals surface area contributed by atoms with Crippen molar-refractivity contribution in [2.75, 3.05) is 0 Å². The van der Waals surface area contributed by atoms with Crippen molar-refractivity contribution in [1.82, 2.24) is 9.38 Å². The van der Waals surface area contributed by atoms with E-state index in [0.717, 1.165) is 0 Å². The summed E-state index contributed by atoms with van der Waals surface area (Å²) >= 11 is 5.75. The predicted molar refractivity (Wildman–Crippen MR) is 57.8 cm³/mol. The van der Waals surface area contributed by atoms with Crippen LogP contribution in [0.2, 0.25) is 5.02 Å². The number of fused-ring (bicyclic) bond motifs is 1. The Morgan fingerprint density at radius 3 is 3.00 bits per heavy atom. The van der Waals surface area contributed by atoms with Gasteiger partial charge in [0, 0.05) is 29.0 Å². The molecular formula is C10H7ClN2O3. The maximum atomic E-state index is 11.8. The molecular weight excluding hydrogens is 232 g/mol. The third-order valence-electron chi connectivity index (χ3n) is 2.08. The molecule has 0 spiro atoms. The molecule has 2 aromatic heterocycles. The number of halogens is 1. The topological polar surface area (TPSA) is 71.7 Å². The van der Waals surface area contributed by atoms with E-state index in [4.69, 9.17) is 16.7 Å². The summed E-state index contributed by atoms with van der Waals surface area (Å²) in [5, 5.41) is 9.08. The monoisotopic (exact) mass is 238 g/mol. The van der Waals surface area contributed by atoms with Crippen LogP contribution in [0, 0.1) is 0 Å². The lowest BCUT2D eigenvalue weighted by Crippen LogP contribution is -2.21. The van der Waals surface area contributed by atoms with E-state index >= 15 is 0 Å². The van der Waals surface area contributed by atoms with E-state index in [1.165, 1.54) is 22.9 Å². The molecule has 82 valence electrons. The van der Waals surface area contributed by atoms with Gasteiger partial charge in [-0.25, -0.2) is 4.98 Å². The Morgan fingerprint density at radius 1 is 1.56 bits per heavy atom. The van der Waals surface area contributed by atoms with Gasteiger partial charge in [-0.15, -0.1) is 0 Å². The van der Waals surface area contributed by atoms with Gasteiger partial charge < -0.3 is 5.11 Å². The van der Waals surface area contributed by atoms with Gasteiger partial charge in [-0.1, -0.05) is 11.6 Å². The van der Waals surface area contributed by atoms with E-state index in [1.807, 2.05) is 0 Å². The molecule has 0 aliphatic rings. The van der Waals surface area contributed by atoms with Gasteiger partial charge in [0.1, 0.15) is 5.65 Å². The number of hydrogen-bond acceptors (Lipinski definition) is 3. The quantitative estimate of drug-likeness (QED) is 0.846. The second kappa shape index (κ2) is 3.94. The summed E-state index contributed by atoms with van der Waals surface area (Å²) in [6.45, 7) is 0. The number of carboxylic acids is 1. The number of carboxylic acid groups (broad SMARTS) is 1. The van der Waals surface area contributed by atoms with Crippen LogP contribution in [0.1, 0.15) is 5.56 Å². The summed E-state index contributed by atoms with van der Waals surface area (Å²) in [5.74, 6) is -1.06. The van der Waals surface area contributed by atoms with Crippen molar-refractivity contribution in [2.45, 2.75) is 6.42 Å².